The van der Waals surface area contributed by atoms with Gasteiger partial charge in [0.25, 0.3) is 0 Å². The molecule has 0 aromatic heterocycles. The summed E-state index contributed by atoms with van der Waals surface area (Å²) in [6.45, 7) is 13.4. The average molecular weight is 340 g/mol. The maximum Gasteiger partial charge on any atom is 0.241 e. The van der Waals surface area contributed by atoms with E-state index in [1.807, 2.05) is 13.8 Å². The lowest BCUT2D eigenvalue weighted by atomic mass is 10.0. The Labute approximate surface area is 147 Å². The normalized spacial score (nSPS) is 18.1. The van der Waals surface area contributed by atoms with E-state index in [9.17, 15) is 4.79 Å². The van der Waals surface area contributed by atoms with Crippen molar-refractivity contribution in [2.24, 2.45) is 10.9 Å². The third-order valence-corrected chi connectivity index (χ3v) is 4.46. The monoisotopic (exact) mass is 339 g/mol. The molecule has 1 fully saturated rings. The molecule has 140 valence electrons. The first-order valence-corrected chi connectivity index (χ1v) is 9.61. The molecule has 1 amide bonds. The second-order valence-corrected chi connectivity index (χ2v) is 6.79. The fraction of sp³-hybridized carbons (Fsp3) is 0.889. The quantitative estimate of drug-likeness (QED) is 0.464. The van der Waals surface area contributed by atoms with Crippen LogP contribution in [0.1, 0.15) is 53.4 Å². The van der Waals surface area contributed by atoms with Crippen molar-refractivity contribution in [1.29, 1.82) is 0 Å². The molecular weight excluding hydrogens is 302 g/mol. The molecule has 1 unspecified atom stereocenters. The highest BCUT2D eigenvalue weighted by Crippen LogP contribution is 2.16. The Balaban J connectivity index is 2.59. The Morgan fingerprint density at radius 3 is 2.17 bits per heavy atom. The smallest absolute Gasteiger partial charge is 0.241 e. The van der Waals surface area contributed by atoms with Crippen LogP contribution < -0.4 is 16.0 Å². The highest BCUT2D eigenvalue weighted by Gasteiger charge is 2.22. The van der Waals surface area contributed by atoms with Crippen LogP contribution in [0.3, 0.4) is 0 Å². The Morgan fingerprint density at radius 2 is 1.62 bits per heavy atom. The summed E-state index contributed by atoms with van der Waals surface area (Å²) in [5, 5.41) is 9.44. The summed E-state index contributed by atoms with van der Waals surface area (Å²) in [5.74, 6) is 1.27. The van der Waals surface area contributed by atoms with E-state index in [-0.39, 0.29) is 12.5 Å². The number of hydrogen-bond acceptors (Lipinski definition) is 3. The molecule has 1 rings (SSSR count). The van der Waals surface area contributed by atoms with Crippen molar-refractivity contribution in [2.75, 3.05) is 39.3 Å². The van der Waals surface area contributed by atoms with Gasteiger partial charge in [0.2, 0.25) is 5.91 Å². The summed E-state index contributed by atoms with van der Waals surface area (Å²) in [6, 6.07) is 0.497. The molecule has 3 N–H and O–H groups in total. The van der Waals surface area contributed by atoms with E-state index >= 15 is 0 Å². The largest absolute Gasteiger partial charge is 0.357 e. The Bertz CT molecular complexity index is 376. The van der Waals surface area contributed by atoms with Crippen LogP contribution in [-0.4, -0.2) is 62.1 Å². The summed E-state index contributed by atoms with van der Waals surface area (Å²) in [7, 11) is 0. The predicted octanol–water partition coefficient (Wildman–Crippen LogP) is 1.58. The molecule has 1 heterocycles. The topological polar surface area (TPSA) is 68.8 Å². The summed E-state index contributed by atoms with van der Waals surface area (Å²) in [5.41, 5.74) is 0. The number of carbonyl (C=O) groups is 1. The SMILES string of the molecule is CCNC(=O)CN=C(NCC)NCC(C(C)C)N1CCCCCC1. The van der Waals surface area contributed by atoms with Gasteiger partial charge in [-0.2, -0.15) is 0 Å². The fourth-order valence-electron chi connectivity index (χ4n) is 3.16. The number of carbonyl (C=O) groups excluding carboxylic acids is 1. The van der Waals surface area contributed by atoms with Gasteiger partial charge in [-0.25, -0.2) is 4.99 Å². The summed E-state index contributed by atoms with van der Waals surface area (Å²) < 4.78 is 0. The van der Waals surface area contributed by atoms with Crippen LogP contribution in [0.5, 0.6) is 0 Å². The third kappa shape index (κ3) is 7.99. The van der Waals surface area contributed by atoms with E-state index in [0.29, 0.717) is 18.5 Å². The van der Waals surface area contributed by atoms with Crippen LogP contribution >= 0.6 is 0 Å². The molecular formula is C18H37N5O. The minimum Gasteiger partial charge on any atom is -0.357 e. The van der Waals surface area contributed by atoms with Gasteiger partial charge < -0.3 is 16.0 Å². The van der Waals surface area contributed by atoms with Gasteiger partial charge in [0, 0.05) is 25.7 Å². The molecule has 0 aromatic carbocycles. The highest BCUT2D eigenvalue weighted by atomic mass is 16.1. The maximum absolute atomic E-state index is 11.6. The first kappa shape index (κ1) is 20.7. The molecule has 24 heavy (non-hydrogen) atoms. The van der Waals surface area contributed by atoms with Crippen LogP contribution in [0.25, 0.3) is 0 Å². The molecule has 0 radical (unpaired) electrons. The zero-order valence-corrected chi connectivity index (χ0v) is 16.0. The van der Waals surface area contributed by atoms with Crippen molar-refractivity contribution in [1.82, 2.24) is 20.9 Å². The third-order valence-electron chi connectivity index (χ3n) is 4.46. The van der Waals surface area contributed by atoms with Gasteiger partial charge in [0.1, 0.15) is 6.54 Å². The fourth-order valence-corrected chi connectivity index (χ4v) is 3.16. The lowest BCUT2D eigenvalue weighted by molar-refractivity contribution is -0.119. The number of aliphatic imine (C=N–C) groups is 1. The molecule has 1 aliphatic rings. The number of hydrogen-bond donors (Lipinski definition) is 3. The van der Waals surface area contributed by atoms with Gasteiger partial charge in [-0.1, -0.05) is 26.7 Å². The van der Waals surface area contributed by atoms with Gasteiger partial charge in [-0.3, -0.25) is 9.69 Å². The van der Waals surface area contributed by atoms with Gasteiger partial charge in [0.05, 0.1) is 0 Å². The minimum absolute atomic E-state index is 0.0392. The maximum atomic E-state index is 11.6. The number of nitrogens with one attached hydrogen (secondary N) is 3. The predicted molar refractivity (Wildman–Crippen MR) is 101 cm³/mol. The van der Waals surface area contributed by atoms with E-state index in [2.05, 4.69) is 39.7 Å². The molecule has 0 bridgehead atoms. The summed E-state index contributed by atoms with van der Waals surface area (Å²) >= 11 is 0. The van der Waals surface area contributed by atoms with E-state index in [1.54, 1.807) is 0 Å². The van der Waals surface area contributed by atoms with Crippen LogP contribution in [0, 0.1) is 5.92 Å². The highest BCUT2D eigenvalue weighted by molar-refractivity contribution is 5.84. The molecule has 0 spiro atoms. The first-order valence-electron chi connectivity index (χ1n) is 9.61. The molecule has 6 heteroatoms. The van der Waals surface area contributed by atoms with Gasteiger partial charge in [-0.05, 0) is 45.7 Å². The second kappa shape index (κ2) is 12.1. The zero-order valence-electron chi connectivity index (χ0n) is 16.0. The van der Waals surface area contributed by atoms with E-state index < -0.39 is 0 Å². The lowest BCUT2D eigenvalue weighted by Gasteiger charge is -2.34. The molecule has 1 aliphatic heterocycles. The number of nitrogens with zero attached hydrogens (tertiary/aromatic N) is 2. The average Bonchev–Trinajstić information content (AvgIpc) is 2.82. The molecule has 1 saturated heterocycles. The van der Waals surface area contributed by atoms with E-state index in [0.717, 1.165) is 19.0 Å². The number of likely N-dealkylation sites (tertiary alicyclic amines) is 1. The van der Waals surface area contributed by atoms with Crippen LogP contribution in [0.4, 0.5) is 0 Å². The van der Waals surface area contributed by atoms with Crippen molar-refractivity contribution >= 4 is 11.9 Å². The molecule has 0 aromatic rings. The Morgan fingerprint density at radius 1 is 1.00 bits per heavy atom. The first-order chi connectivity index (χ1) is 11.6. The Kier molecular flexibility index (Phi) is 10.5. The van der Waals surface area contributed by atoms with Crippen LogP contribution in [0.15, 0.2) is 4.99 Å². The number of guanidine groups is 1. The van der Waals surface area contributed by atoms with Gasteiger partial charge >= 0.3 is 0 Å². The van der Waals surface area contributed by atoms with Crippen molar-refractivity contribution in [3.63, 3.8) is 0 Å². The van der Waals surface area contributed by atoms with Gasteiger partial charge in [-0.15, -0.1) is 0 Å². The van der Waals surface area contributed by atoms with Crippen molar-refractivity contribution in [2.45, 2.75) is 59.4 Å². The second-order valence-electron chi connectivity index (χ2n) is 6.79. The van der Waals surface area contributed by atoms with E-state index in [1.165, 1.54) is 38.8 Å². The minimum atomic E-state index is -0.0392. The lowest BCUT2D eigenvalue weighted by Crippen LogP contribution is -2.50. The number of rotatable bonds is 8. The molecule has 0 saturated carbocycles. The molecule has 0 aliphatic carbocycles. The number of likely N-dealkylation sites (N-methyl/N-ethyl adjacent to an activating group) is 1. The Hall–Kier alpha value is -1.30. The van der Waals surface area contributed by atoms with E-state index in [4.69, 9.17) is 0 Å². The summed E-state index contributed by atoms with van der Waals surface area (Å²) in [6.07, 6.45) is 5.31. The molecule has 6 nitrogen and oxygen atoms in total. The van der Waals surface area contributed by atoms with Crippen LogP contribution in [0.2, 0.25) is 0 Å². The van der Waals surface area contributed by atoms with Crippen molar-refractivity contribution in [3.8, 4) is 0 Å². The standard InChI is InChI=1S/C18H37N5O/c1-5-19-17(24)14-22-18(20-6-2)21-13-16(15(3)4)23-11-9-7-8-10-12-23/h15-16H,5-14H2,1-4H3,(H,19,24)(H2,20,21,22). The van der Waals surface area contributed by atoms with Crippen LogP contribution in [-0.2, 0) is 4.79 Å². The van der Waals surface area contributed by atoms with Crippen molar-refractivity contribution < 1.29 is 4.79 Å². The zero-order chi connectivity index (χ0) is 17.8. The number of amides is 1. The summed E-state index contributed by atoms with van der Waals surface area (Å²) in [4.78, 5) is 18.6. The van der Waals surface area contributed by atoms with Gasteiger partial charge in [0.15, 0.2) is 5.96 Å². The van der Waals surface area contributed by atoms with Crippen molar-refractivity contribution in [3.05, 3.63) is 0 Å². The molecule has 1 atom stereocenters.